The molecule has 0 saturated heterocycles. The molecule has 4 heteroatoms. The van der Waals surface area contributed by atoms with Crippen LogP contribution in [-0.4, -0.2) is 17.3 Å². The molecule has 2 nitrogen and oxygen atoms in total. The summed E-state index contributed by atoms with van der Waals surface area (Å²) in [5.74, 6) is 0.206. The van der Waals surface area contributed by atoms with Crippen LogP contribution in [0.1, 0.15) is 26.3 Å². The van der Waals surface area contributed by atoms with E-state index in [0.717, 1.165) is 14.6 Å². The highest BCUT2D eigenvalue weighted by Gasteiger charge is 2.25. The summed E-state index contributed by atoms with van der Waals surface area (Å²) < 4.78 is 2.01. The van der Waals surface area contributed by atoms with Gasteiger partial charge < -0.3 is 10.4 Å². The number of aliphatic hydroxyl groups is 1. The fourth-order valence-electron chi connectivity index (χ4n) is 1.34. The van der Waals surface area contributed by atoms with Crippen LogP contribution in [0.15, 0.2) is 21.1 Å². The van der Waals surface area contributed by atoms with E-state index in [1.165, 1.54) is 5.56 Å². The molecule has 17 heavy (non-hydrogen) atoms. The highest BCUT2D eigenvalue weighted by Crippen LogP contribution is 2.33. The maximum absolute atomic E-state index is 10.2. The molecule has 0 saturated carbocycles. The van der Waals surface area contributed by atoms with Crippen molar-refractivity contribution in [1.29, 1.82) is 0 Å². The van der Waals surface area contributed by atoms with E-state index in [0.29, 0.717) is 6.54 Å². The highest BCUT2D eigenvalue weighted by atomic mass is 79.9. The molecule has 1 aromatic carbocycles. The second-order valence-corrected chi connectivity index (χ2v) is 6.68. The molecule has 0 fully saturated rings. The lowest BCUT2D eigenvalue weighted by molar-refractivity contribution is 0.0266. The number of aryl methyl sites for hydroxylation is 1. The van der Waals surface area contributed by atoms with Gasteiger partial charge in [0.2, 0.25) is 0 Å². The van der Waals surface area contributed by atoms with E-state index >= 15 is 0 Å². The SMILES string of the molecule is Cc1cc(Br)c(NCC(C)(O)C(C)C)c(Br)c1. The van der Waals surface area contributed by atoms with Crippen molar-refractivity contribution in [2.24, 2.45) is 5.92 Å². The Morgan fingerprint density at radius 2 is 1.76 bits per heavy atom. The summed E-state index contributed by atoms with van der Waals surface area (Å²) in [7, 11) is 0. The van der Waals surface area contributed by atoms with Crippen LogP contribution in [0.2, 0.25) is 0 Å². The van der Waals surface area contributed by atoms with Crippen LogP contribution in [0.5, 0.6) is 0 Å². The van der Waals surface area contributed by atoms with Crippen molar-refractivity contribution in [2.75, 3.05) is 11.9 Å². The summed E-state index contributed by atoms with van der Waals surface area (Å²) in [4.78, 5) is 0. The molecule has 0 amide bonds. The molecule has 0 bridgehead atoms. The average Bonchev–Trinajstić information content (AvgIpc) is 2.15. The van der Waals surface area contributed by atoms with Crippen LogP contribution in [-0.2, 0) is 0 Å². The Balaban J connectivity index is 2.83. The minimum Gasteiger partial charge on any atom is -0.388 e. The summed E-state index contributed by atoms with van der Waals surface area (Å²) >= 11 is 7.06. The van der Waals surface area contributed by atoms with Crippen molar-refractivity contribution in [3.63, 3.8) is 0 Å². The number of halogens is 2. The van der Waals surface area contributed by atoms with Gasteiger partial charge in [0.15, 0.2) is 0 Å². The highest BCUT2D eigenvalue weighted by molar-refractivity contribution is 9.11. The van der Waals surface area contributed by atoms with Crippen LogP contribution < -0.4 is 5.32 Å². The molecule has 0 aliphatic carbocycles. The number of anilines is 1. The molecule has 1 unspecified atom stereocenters. The predicted octanol–water partition coefficient (Wildman–Crippen LogP) is 4.34. The Labute approximate surface area is 120 Å². The van der Waals surface area contributed by atoms with E-state index in [1.54, 1.807) is 0 Å². The number of benzene rings is 1. The topological polar surface area (TPSA) is 32.3 Å². The van der Waals surface area contributed by atoms with Gasteiger partial charge in [-0.15, -0.1) is 0 Å². The smallest absolute Gasteiger partial charge is 0.0814 e. The molecule has 0 aliphatic rings. The van der Waals surface area contributed by atoms with Crippen LogP contribution in [0.25, 0.3) is 0 Å². The number of hydrogen-bond acceptors (Lipinski definition) is 2. The lowest BCUT2D eigenvalue weighted by Crippen LogP contribution is -2.38. The zero-order chi connectivity index (χ0) is 13.2. The number of hydrogen-bond donors (Lipinski definition) is 2. The normalized spacial score (nSPS) is 14.8. The summed E-state index contributed by atoms with van der Waals surface area (Å²) in [6, 6.07) is 4.11. The van der Waals surface area contributed by atoms with Crippen LogP contribution in [0.3, 0.4) is 0 Å². The Bertz CT molecular complexity index is 379. The van der Waals surface area contributed by atoms with Crippen molar-refractivity contribution < 1.29 is 5.11 Å². The third-order valence-electron chi connectivity index (χ3n) is 3.05. The quantitative estimate of drug-likeness (QED) is 0.832. The first-order valence-electron chi connectivity index (χ1n) is 5.66. The first-order chi connectivity index (χ1) is 7.74. The van der Waals surface area contributed by atoms with Crippen molar-refractivity contribution >= 4 is 37.5 Å². The molecular weight excluding hydrogens is 346 g/mol. The van der Waals surface area contributed by atoms with E-state index in [4.69, 9.17) is 0 Å². The second-order valence-electron chi connectivity index (χ2n) is 4.97. The Morgan fingerprint density at radius 3 is 2.18 bits per heavy atom. The van der Waals surface area contributed by atoms with Gasteiger partial charge in [-0.05, 0) is 69.3 Å². The van der Waals surface area contributed by atoms with Gasteiger partial charge in [-0.3, -0.25) is 0 Å². The standard InChI is InChI=1S/C13H19Br2NO/c1-8(2)13(4,17)7-16-12-10(14)5-9(3)6-11(12)15/h5-6,8,16-17H,7H2,1-4H3. The Kier molecular flexibility index (Phi) is 5.05. The van der Waals surface area contributed by atoms with Gasteiger partial charge in [0.1, 0.15) is 0 Å². The molecule has 1 rings (SSSR count). The van der Waals surface area contributed by atoms with Gasteiger partial charge in [-0.25, -0.2) is 0 Å². The summed E-state index contributed by atoms with van der Waals surface area (Å²) in [6.45, 7) is 8.44. The maximum Gasteiger partial charge on any atom is 0.0814 e. The largest absolute Gasteiger partial charge is 0.388 e. The van der Waals surface area contributed by atoms with Crippen LogP contribution >= 0.6 is 31.9 Å². The fraction of sp³-hybridized carbons (Fsp3) is 0.538. The molecule has 0 aliphatic heterocycles. The predicted molar refractivity (Wildman–Crippen MR) is 80.5 cm³/mol. The third kappa shape index (κ3) is 3.97. The number of nitrogens with one attached hydrogen (secondary N) is 1. The van der Waals surface area contributed by atoms with Gasteiger partial charge in [0, 0.05) is 15.5 Å². The average molecular weight is 365 g/mol. The van der Waals surface area contributed by atoms with E-state index in [-0.39, 0.29) is 5.92 Å². The molecule has 0 heterocycles. The lowest BCUT2D eigenvalue weighted by Gasteiger charge is -2.28. The van der Waals surface area contributed by atoms with Crippen molar-refractivity contribution in [2.45, 2.75) is 33.3 Å². The van der Waals surface area contributed by atoms with E-state index in [2.05, 4.69) is 49.3 Å². The third-order valence-corrected chi connectivity index (χ3v) is 4.30. The molecule has 1 aromatic rings. The van der Waals surface area contributed by atoms with Crippen molar-refractivity contribution in [3.05, 3.63) is 26.6 Å². The zero-order valence-corrected chi connectivity index (χ0v) is 13.8. The van der Waals surface area contributed by atoms with Gasteiger partial charge in [-0.1, -0.05) is 13.8 Å². The van der Waals surface area contributed by atoms with Gasteiger partial charge in [0.25, 0.3) is 0 Å². The second kappa shape index (κ2) is 5.72. The van der Waals surface area contributed by atoms with E-state index < -0.39 is 5.60 Å². The summed E-state index contributed by atoms with van der Waals surface area (Å²) in [5.41, 5.74) is 1.45. The van der Waals surface area contributed by atoms with Crippen molar-refractivity contribution in [3.8, 4) is 0 Å². The Morgan fingerprint density at radius 1 is 1.29 bits per heavy atom. The van der Waals surface area contributed by atoms with Crippen LogP contribution in [0.4, 0.5) is 5.69 Å². The lowest BCUT2D eigenvalue weighted by atomic mass is 9.92. The van der Waals surface area contributed by atoms with Gasteiger partial charge in [-0.2, -0.15) is 0 Å². The molecule has 0 radical (unpaired) electrons. The molecule has 2 N–H and O–H groups in total. The van der Waals surface area contributed by atoms with Crippen molar-refractivity contribution in [1.82, 2.24) is 0 Å². The van der Waals surface area contributed by atoms with E-state index in [9.17, 15) is 5.11 Å². The molecule has 0 spiro atoms. The van der Waals surface area contributed by atoms with Gasteiger partial charge in [0.05, 0.1) is 11.3 Å². The van der Waals surface area contributed by atoms with Crippen LogP contribution in [0, 0.1) is 12.8 Å². The molecular formula is C13H19Br2NO. The zero-order valence-electron chi connectivity index (χ0n) is 10.6. The first kappa shape index (κ1) is 15.0. The number of rotatable bonds is 4. The minimum atomic E-state index is -0.718. The maximum atomic E-state index is 10.2. The minimum absolute atomic E-state index is 0.206. The molecule has 1 atom stereocenters. The first-order valence-corrected chi connectivity index (χ1v) is 7.24. The fourth-order valence-corrected chi connectivity index (χ4v) is 3.04. The monoisotopic (exact) mass is 363 g/mol. The van der Waals surface area contributed by atoms with E-state index in [1.807, 2.05) is 27.7 Å². The van der Waals surface area contributed by atoms with Gasteiger partial charge >= 0.3 is 0 Å². The molecule has 0 aromatic heterocycles. The summed E-state index contributed by atoms with van der Waals surface area (Å²) in [5, 5.41) is 13.5. The summed E-state index contributed by atoms with van der Waals surface area (Å²) in [6.07, 6.45) is 0. The Hall–Kier alpha value is -0.0600. The molecule has 96 valence electrons.